The minimum absolute atomic E-state index is 0.210. The van der Waals surface area contributed by atoms with Crippen molar-refractivity contribution in [3.05, 3.63) is 22.2 Å². The molecule has 0 atom stereocenters. The van der Waals surface area contributed by atoms with Gasteiger partial charge < -0.3 is 19.9 Å². The number of nitrogens with one attached hydrogen (secondary N) is 1. The second-order valence-electron chi connectivity index (χ2n) is 4.01. The van der Waals surface area contributed by atoms with Crippen molar-refractivity contribution in [1.82, 2.24) is 5.32 Å². The molecular weight excluding hydrogens is 310 g/mol. The molecule has 5 heteroatoms. The third-order valence-corrected chi connectivity index (χ3v) is 3.28. The molecule has 0 saturated carbocycles. The van der Waals surface area contributed by atoms with Crippen LogP contribution in [0.25, 0.3) is 0 Å². The molecule has 19 heavy (non-hydrogen) atoms. The van der Waals surface area contributed by atoms with Crippen LogP contribution < -0.4 is 14.8 Å². The van der Waals surface area contributed by atoms with E-state index in [9.17, 15) is 0 Å². The van der Waals surface area contributed by atoms with Crippen molar-refractivity contribution in [3.63, 3.8) is 0 Å². The summed E-state index contributed by atoms with van der Waals surface area (Å²) >= 11 is 3.55. The molecule has 0 aliphatic rings. The van der Waals surface area contributed by atoms with Gasteiger partial charge in [0.25, 0.3) is 0 Å². The number of aliphatic hydroxyl groups excluding tert-OH is 1. The predicted octanol–water partition coefficient (Wildman–Crippen LogP) is 2.72. The Morgan fingerprint density at radius 2 is 1.79 bits per heavy atom. The average molecular weight is 332 g/mol. The van der Waals surface area contributed by atoms with Crippen molar-refractivity contribution < 1.29 is 14.6 Å². The molecule has 0 spiro atoms. The quantitative estimate of drug-likeness (QED) is 0.683. The van der Waals surface area contributed by atoms with Crippen LogP contribution in [0.2, 0.25) is 0 Å². The molecule has 0 fully saturated rings. The first-order valence-electron chi connectivity index (χ1n) is 6.62. The van der Waals surface area contributed by atoms with Crippen molar-refractivity contribution in [1.29, 1.82) is 0 Å². The van der Waals surface area contributed by atoms with E-state index in [0.717, 1.165) is 41.0 Å². The normalized spacial score (nSPS) is 10.5. The highest BCUT2D eigenvalue weighted by molar-refractivity contribution is 9.10. The van der Waals surface area contributed by atoms with Gasteiger partial charge in [-0.2, -0.15) is 0 Å². The molecule has 1 aromatic rings. The van der Waals surface area contributed by atoms with E-state index in [1.807, 2.05) is 26.0 Å². The van der Waals surface area contributed by atoms with Crippen molar-refractivity contribution in [3.8, 4) is 11.5 Å². The lowest BCUT2D eigenvalue weighted by Gasteiger charge is -2.14. The second-order valence-corrected chi connectivity index (χ2v) is 4.86. The first-order valence-corrected chi connectivity index (χ1v) is 7.41. The Bertz CT molecular complexity index is 385. The molecule has 0 radical (unpaired) electrons. The number of halogens is 1. The van der Waals surface area contributed by atoms with Gasteiger partial charge in [-0.1, -0.05) is 15.9 Å². The van der Waals surface area contributed by atoms with Gasteiger partial charge >= 0.3 is 0 Å². The average Bonchev–Trinajstić information content (AvgIpc) is 2.39. The summed E-state index contributed by atoms with van der Waals surface area (Å²) in [5, 5.41) is 12.0. The van der Waals surface area contributed by atoms with E-state index in [4.69, 9.17) is 14.6 Å². The zero-order chi connectivity index (χ0) is 14.1. The van der Waals surface area contributed by atoms with Crippen LogP contribution in [0.3, 0.4) is 0 Å². The van der Waals surface area contributed by atoms with Crippen molar-refractivity contribution in [2.75, 3.05) is 26.4 Å². The summed E-state index contributed by atoms with van der Waals surface area (Å²) in [7, 11) is 0. The lowest BCUT2D eigenvalue weighted by molar-refractivity contribution is 0.285. The molecule has 0 aromatic heterocycles. The Morgan fingerprint density at radius 1 is 1.16 bits per heavy atom. The molecule has 0 aliphatic carbocycles. The van der Waals surface area contributed by atoms with Crippen LogP contribution >= 0.6 is 15.9 Å². The Kier molecular flexibility index (Phi) is 7.86. The van der Waals surface area contributed by atoms with E-state index in [0.29, 0.717) is 13.2 Å². The smallest absolute Gasteiger partial charge is 0.162 e. The number of ether oxygens (including phenoxy) is 2. The summed E-state index contributed by atoms with van der Waals surface area (Å²) in [6.07, 6.45) is 0.757. The van der Waals surface area contributed by atoms with Crippen LogP contribution in [0.5, 0.6) is 11.5 Å². The summed E-state index contributed by atoms with van der Waals surface area (Å²) in [6.45, 7) is 6.86. The fourth-order valence-electron chi connectivity index (χ4n) is 1.68. The number of aliphatic hydroxyl groups is 1. The summed E-state index contributed by atoms with van der Waals surface area (Å²) < 4.78 is 12.2. The highest BCUT2D eigenvalue weighted by Crippen LogP contribution is 2.33. The molecule has 0 aliphatic heterocycles. The Morgan fingerprint density at radius 3 is 2.37 bits per heavy atom. The van der Waals surface area contributed by atoms with Gasteiger partial charge in [-0.15, -0.1) is 0 Å². The zero-order valence-corrected chi connectivity index (χ0v) is 13.1. The standard InChI is InChI=1S/C14H22BrNO3/c1-3-18-13-8-11(10-16-6-5-7-17)12(15)9-14(13)19-4-2/h8-9,16-17H,3-7,10H2,1-2H3. The van der Waals surface area contributed by atoms with Gasteiger partial charge in [0.2, 0.25) is 0 Å². The maximum atomic E-state index is 8.74. The van der Waals surface area contributed by atoms with Gasteiger partial charge in [0.15, 0.2) is 11.5 Å². The van der Waals surface area contributed by atoms with E-state index < -0.39 is 0 Å². The van der Waals surface area contributed by atoms with Gasteiger partial charge in [0.1, 0.15) is 0 Å². The molecule has 0 saturated heterocycles. The monoisotopic (exact) mass is 331 g/mol. The lowest BCUT2D eigenvalue weighted by Crippen LogP contribution is -2.16. The molecule has 0 heterocycles. The highest BCUT2D eigenvalue weighted by Gasteiger charge is 2.10. The number of hydrogen-bond acceptors (Lipinski definition) is 4. The third kappa shape index (κ3) is 5.38. The van der Waals surface area contributed by atoms with Gasteiger partial charge in [-0.05, 0) is 44.5 Å². The Hall–Kier alpha value is -0.780. The second kappa shape index (κ2) is 9.18. The topological polar surface area (TPSA) is 50.7 Å². The SMILES string of the molecule is CCOc1cc(Br)c(CNCCCO)cc1OCC. The molecule has 1 rings (SSSR count). The summed E-state index contributed by atoms with van der Waals surface area (Å²) in [6, 6.07) is 3.93. The van der Waals surface area contributed by atoms with Gasteiger partial charge in [0.05, 0.1) is 13.2 Å². The molecule has 2 N–H and O–H groups in total. The summed E-state index contributed by atoms with van der Waals surface area (Å²) in [4.78, 5) is 0. The first-order chi connectivity index (χ1) is 9.22. The van der Waals surface area contributed by atoms with E-state index >= 15 is 0 Å². The minimum Gasteiger partial charge on any atom is -0.490 e. The van der Waals surface area contributed by atoms with Crippen LogP contribution in [0.4, 0.5) is 0 Å². The maximum absolute atomic E-state index is 8.74. The fourth-order valence-corrected chi connectivity index (χ4v) is 2.14. The van der Waals surface area contributed by atoms with Crippen LogP contribution in [0, 0.1) is 0 Å². The van der Waals surface area contributed by atoms with Gasteiger partial charge in [-0.25, -0.2) is 0 Å². The molecule has 0 bridgehead atoms. The molecule has 108 valence electrons. The van der Waals surface area contributed by atoms with Crippen LogP contribution in [0.1, 0.15) is 25.8 Å². The van der Waals surface area contributed by atoms with Crippen LogP contribution in [0.15, 0.2) is 16.6 Å². The largest absolute Gasteiger partial charge is 0.490 e. The first kappa shape index (κ1) is 16.3. The zero-order valence-electron chi connectivity index (χ0n) is 11.5. The van der Waals surface area contributed by atoms with Crippen molar-refractivity contribution in [2.45, 2.75) is 26.8 Å². The van der Waals surface area contributed by atoms with Crippen molar-refractivity contribution in [2.24, 2.45) is 0 Å². The van der Waals surface area contributed by atoms with Crippen LogP contribution in [-0.2, 0) is 6.54 Å². The maximum Gasteiger partial charge on any atom is 0.162 e. The molecule has 1 aromatic carbocycles. The van der Waals surface area contributed by atoms with Crippen molar-refractivity contribution >= 4 is 15.9 Å². The van der Waals surface area contributed by atoms with E-state index in [2.05, 4.69) is 21.2 Å². The fraction of sp³-hybridized carbons (Fsp3) is 0.571. The predicted molar refractivity (Wildman–Crippen MR) is 79.9 cm³/mol. The summed E-state index contributed by atoms with van der Waals surface area (Å²) in [5.41, 5.74) is 1.12. The minimum atomic E-state index is 0.210. The molecular formula is C14H22BrNO3. The number of hydrogen-bond donors (Lipinski definition) is 2. The molecule has 0 unspecified atom stereocenters. The van der Waals surface area contributed by atoms with E-state index in [1.165, 1.54) is 0 Å². The molecule has 4 nitrogen and oxygen atoms in total. The third-order valence-electron chi connectivity index (χ3n) is 2.54. The van der Waals surface area contributed by atoms with E-state index in [-0.39, 0.29) is 6.61 Å². The Balaban J connectivity index is 2.77. The summed E-state index contributed by atoms with van der Waals surface area (Å²) in [5.74, 6) is 1.53. The van der Waals surface area contributed by atoms with Gasteiger partial charge in [0, 0.05) is 17.6 Å². The van der Waals surface area contributed by atoms with Gasteiger partial charge in [-0.3, -0.25) is 0 Å². The number of rotatable bonds is 9. The lowest BCUT2D eigenvalue weighted by atomic mass is 10.2. The van der Waals surface area contributed by atoms with E-state index in [1.54, 1.807) is 0 Å². The number of benzene rings is 1. The molecule has 0 amide bonds. The Labute approximate surface area is 123 Å². The van der Waals surface area contributed by atoms with Crippen LogP contribution in [-0.4, -0.2) is 31.5 Å². The highest BCUT2D eigenvalue weighted by atomic mass is 79.9.